The Hall–Kier alpha value is -1.79. The molecule has 7 heteroatoms. The second kappa shape index (κ2) is 7.62. The van der Waals surface area contributed by atoms with Crippen molar-refractivity contribution in [1.29, 1.82) is 0 Å². The molecule has 0 aromatic rings. The molecule has 25 heavy (non-hydrogen) atoms. The molecule has 3 rings (SSSR count). The largest absolute Gasteiger partial charge is 0.335 e. The molecular weight excluding hydrogens is 320 g/mol. The Bertz CT molecular complexity index is 530. The van der Waals surface area contributed by atoms with Gasteiger partial charge in [0.05, 0.1) is 13.1 Å². The third-order valence-electron chi connectivity index (χ3n) is 5.40. The summed E-state index contributed by atoms with van der Waals surface area (Å²) < 4.78 is 0. The maximum absolute atomic E-state index is 12.9. The lowest BCUT2D eigenvalue weighted by Crippen LogP contribution is -2.63. The minimum atomic E-state index is -0.531. The highest BCUT2D eigenvalue weighted by Crippen LogP contribution is 2.21. The van der Waals surface area contributed by atoms with Crippen LogP contribution in [0.15, 0.2) is 0 Å². The molecule has 1 unspecified atom stereocenters. The Balaban J connectivity index is 1.68. The number of hydrogen-bond donors (Lipinski definition) is 1. The van der Waals surface area contributed by atoms with Crippen LogP contribution in [0.2, 0.25) is 0 Å². The highest BCUT2D eigenvalue weighted by molar-refractivity contribution is 5.95. The number of carbonyl (C=O) groups is 3. The van der Waals surface area contributed by atoms with E-state index in [2.05, 4.69) is 5.32 Å². The first-order chi connectivity index (χ1) is 12.0. The molecule has 0 aromatic carbocycles. The van der Waals surface area contributed by atoms with Crippen molar-refractivity contribution in [2.45, 2.75) is 58.0 Å². The zero-order valence-electron chi connectivity index (χ0n) is 15.4. The molecule has 0 radical (unpaired) electrons. The average Bonchev–Trinajstić information content (AvgIpc) is 2.94. The first-order valence-corrected chi connectivity index (χ1v) is 9.59. The number of nitrogens with one attached hydrogen (secondary N) is 1. The van der Waals surface area contributed by atoms with Crippen LogP contribution in [-0.2, 0) is 9.59 Å². The van der Waals surface area contributed by atoms with Gasteiger partial charge in [0, 0.05) is 25.7 Å². The molecule has 2 heterocycles. The molecule has 2 saturated heterocycles. The normalized spacial score (nSPS) is 25.4. The molecule has 4 amide bonds. The first kappa shape index (κ1) is 18.0. The molecule has 1 aliphatic carbocycles. The van der Waals surface area contributed by atoms with Gasteiger partial charge < -0.3 is 20.0 Å². The van der Waals surface area contributed by atoms with Gasteiger partial charge in [-0.25, -0.2) is 4.79 Å². The molecular formula is C18H30N4O3. The Morgan fingerprint density at radius 2 is 1.88 bits per heavy atom. The van der Waals surface area contributed by atoms with Gasteiger partial charge >= 0.3 is 6.03 Å². The molecule has 1 atom stereocenters. The Labute approximate surface area is 149 Å². The zero-order valence-corrected chi connectivity index (χ0v) is 15.4. The molecule has 1 N–H and O–H groups in total. The topological polar surface area (TPSA) is 73.0 Å². The third-order valence-corrected chi connectivity index (χ3v) is 5.40. The zero-order chi connectivity index (χ0) is 18.0. The van der Waals surface area contributed by atoms with Gasteiger partial charge in [-0.05, 0) is 25.2 Å². The summed E-state index contributed by atoms with van der Waals surface area (Å²) in [5.41, 5.74) is 0. The van der Waals surface area contributed by atoms with Crippen LogP contribution in [0, 0.1) is 5.92 Å². The summed E-state index contributed by atoms with van der Waals surface area (Å²) in [5, 5.41) is 3.10. The van der Waals surface area contributed by atoms with Crippen molar-refractivity contribution in [2.75, 3.05) is 32.7 Å². The van der Waals surface area contributed by atoms with E-state index < -0.39 is 6.04 Å². The first-order valence-electron chi connectivity index (χ1n) is 9.59. The van der Waals surface area contributed by atoms with Crippen LogP contribution in [0.25, 0.3) is 0 Å². The lowest BCUT2D eigenvalue weighted by molar-refractivity contribution is -0.156. The van der Waals surface area contributed by atoms with Crippen molar-refractivity contribution < 1.29 is 14.4 Å². The SMILES string of the molecule is CC(C)CN1CC(=O)N2CCCN(C(=O)NC3CCCC3)CC2C1=O. The number of amides is 4. The van der Waals surface area contributed by atoms with Crippen LogP contribution < -0.4 is 5.32 Å². The van der Waals surface area contributed by atoms with Gasteiger partial charge in [0.2, 0.25) is 11.8 Å². The number of fused-ring (bicyclic) bond motifs is 1. The Morgan fingerprint density at radius 1 is 1.16 bits per heavy atom. The molecule has 7 nitrogen and oxygen atoms in total. The lowest BCUT2D eigenvalue weighted by Gasteiger charge is -2.40. The molecule has 3 aliphatic rings. The van der Waals surface area contributed by atoms with Crippen LogP contribution in [0.5, 0.6) is 0 Å². The van der Waals surface area contributed by atoms with Crippen molar-refractivity contribution in [3.8, 4) is 0 Å². The van der Waals surface area contributed by atoms with Gasteiger partial charge in [-0.2, -0.15) is 0 Å². The fourth-order valence-corrected chi connectivity index (χ4v) is 4.15. The molecule has 0 spiro atoms. The predicted molar refractivity (Wildman–Crippen MR) is 93.9 cm³/mol. The van der Waals surface area contributed by atoms with Crippen LogP contribution in [0.4, 0.5) is 4.79 Å². The van der Waals surface area contributed by atoms with Crippen LogP contribution in [0.1, 0.15) is 46.0 Å². The van der Waals surface area contributed by atoms with Crippen molar-refractivity contribution in [1.82, 2.24) is 20.0 Å². The van der Waals surface area contributed by atoms with E-state index in [9.17, 15) is 14.4 Å². The van der Waals surface area contributed by atoms with Gasteiger partial charge in [0.25, 0.3) is 0 Å². The third kappa shape index (κ3) is 4.07. The van der Waals surface area contributed by atoms with E-state index in [4.69, 9.17) is 0 Å². The van der Waals surface area contributed by atoms with E-state index in [1.54, 1.807) is 14.7 Å². The van der Waals surface area contributed by atoms with Crippen LogP contribution in [-0.4, -0.2) is 77.4 Å². The number of rotatable bonds is 3. The fourth-order valence-electron chi connectivity index (χ4n) is 4.15. The van der Waals surface area contributed by atoms with Gasteiger partial charge in [-0.15, -0.1) is 0 Å². The van der Waals surface area contributed by atoms with E-state index in [0.717, 1.165) is 19.3 Å². The van der Waals surface area contributed by atoms with E-state index in [-0.39, 0.29) is 30.4 Å². The molecule has 2 aliphatic heterocycles. The molecule has 0 aromatic heterocycles. The van der Waals surface area contributed by atoms with Gasteiger partial charge in [-0.1, -0.05) is 26.7 Å². The van der Waals surface area contributed by atoms with Crippen LogP contribution in [0.3, 0.4) is 0 Å². The quantitative estimate of drug-likeness (QED) is 0.827. The summed E-state index contributed by atoms with van der Waals surface area (Å²) in [6, 6.07) is -0.361. The van der Waals surface area contributed by atoms with Crippen molar-refractivity contribution in [3.63, 3.8) is 0 Å². The number of carbonyl (C=O) groups excluding carboxylic acids is 3. The van der Waals surface area contributed by atoms with Gasteiger partial charge in [0.15, 0.2) is 0 Å². The van der Waals surface area contributed by atoms with Crippen molar-refractivity contribution >= 4 is 17.8 Å². The summed E-state index contributed by atoms with van der Waals surface area (Å²) in [6.45, 7) is 6.29. The minimum Gasteiger partial charge on any atom is -0.335 e. The Kier molecular flexibility index (Phi) is 5.49. The minimum absolute atomic E-state index is 0.00306. The predicted octanol–water partition coefficient (Wildman–Crippen LogP) is 1.04. The Morgan fingerprint density at radius 3 is 2.56 bits per heavy atom. The van der Waals surface area contributed by atoms with Crippen LogP contribution >= 0.6 is 0 Å². The number of urea groups is 1. The maximum Gasteiger partial charge on any atom is 0.317 e. The second-order valence-electron chi connectivity index (χ2n) is 7.95. The second-order valence-corrected chi connectivity index (χ2v) is 7.95. The molecule has 3 fully saturated rings. The number of nitrogens with zero attached hydrogens (tertiary/aromatic N) is 3. The van der Waals surface area contributed by atoms with E-state index in [1.807, 2.05) is 13.8 Å². The average molecular weight is 350 g/mol. The monoisotopic (exact) mass is 350 g/mol. The maximum atomic E-state index is 12.9. The summed E-state index contributed by atoms with van der Waals surface area (Å²) in [7, 11) is 0. The fraction of sp³-hybridized carbons (Fsp3) is 0.833. The highest BCUT2D eigenvalue weighted by atomic mass is 16.2. The van der Waals surface area contributed by atoms with Crippen molar-refractivity contribution in [3.05, 3.63) is 0 Å². The van der Waals surface area contributed by atoms with Gasteiger partial charge in [0.1, 0.15) is 6.04 Å². The van der Waals surface area contributed by atoms with E-state index >= 15 is 0 Å². The molecule has 140 valence electrons. The molecule has 0 bridgehead atoms. The standard InChI is InChI=1S/C18H30N4O3/c1-13(2)10-21-12-16(23)22-9-5-8-20(11-15(22)17(21)24)18(25)19-14-6-3-4-7-14/h13-15H,3-12H2,1-2H3,(H,19,25). The molecule has 1 saturated carbocycles. The van der Waals surface area contributed by atoms with Gasteiger partial charge in [-0.3, -0.25) is 9.59 Å². The van der Waals surface area contributed by atoms with E-state index in [0.29, 0.717) is 32.1 Å². The number of piperazine rings is 1. The van der Waals surface area contributed by atoms with E-state index in [1.165, 1.54) is 12.8 Å². The summed E-state index contributed by atoms with van der Waals surface area (Å²) in [4.78, 5) is 43.1. The summed E-state index contributed by atoms with van der Waals surface area (Å²) >= 11 is 0. The highest BCUT2D eigenvalue weighted by Gasteiger charge is 2.42. The number of hydrogen-bond acceptors (Lipinski definition) is 3. The lowest BCUT2D eigenvalue weighted by atomic mass is 10.1. The summed E-state index contributed by atoms with van der Waals surface area (Å²) in [5.74, 6) is 0.299. The van der Waals surface area contributed by atoms with Crippen molar-refractivity contribution in [2.24, 2.45) is 5.92 Å². The smallest absolute Gasteiger partial charge is 0.317 e. The summed E-state index contributed by atoms with van der Waals surface area (Å²) in [6.07, 6.45) is 5.12.